The van der Waals surface area contributed by atoms with Crippen LogP contribution in [0.2, 0.25) is 0 Å². The van der Waals surface area contributed by atoms with Crippen LogP contribution in [0.5, 0.6) is 0 Å². The van der Waals surface area contributed by atoms with Gasteiger partial charge in [0.05, 0.1) is 0 Å². The first kappa shape index (κ1) is 17.6. The van der Waals surface area contributed by atoms with E-state index in [1.807, 2.05) is 26.0 Å². The quantitative estimate of drug-likeness (QED) is 0.757. The lowest BCUT2D eigenvalue weighted by molar-refractivity contribution is -0.140. The molecule has 0 saturated carbocycles. The normalized spacial score (nSPS) is 13.8. The summed E-state index contributed by atoms with van der Waals surface area (Å²) < 4.78 is 0. The van der Waals surface area contributed by atoms with Gasteiger partial charge < -0.3 is 10.4 Å². The summed E-state index contributed by atoms with van der Waals surface area (Å²) in [6, 6.07) is 6.38. The molecule has 5 heteroatoms. The van der Waals surface area contributed by atoms with Crippen LogP contribution >= 0.6 is 11.8 Å². The second-order valence-electron chi connectivity index (χ2n) is 5.37. The van der Waals surface area contributed by atoms with E-state index < -0.39 is 12.0 Å². The number of thioether (sulfide) groups is 1. The molecule has 2 atom stereocenters. The van der Waals surface area contributed by atoms with E-state index in [4.69, 9.17) is 0 Å². The molecule has 0 saturated heterocycles. The Hall–Kier alpha value is -1.49. The molecule has 0 spiro atoms. The predicted molar refractivity (Wildman–Crippen MR) is 85.8 cm³/mol. The van der Waals surface area contributed by atoms with Crippen molar-refractivity contribution in [1.82, 2.24) is 5.32 Å². The second-order valence-corrected chi connectivity index (χ2v) is 7.02. The first-order valence-corrected chi connectivity index (χ1v) is 8.03. The molecule has 0 bridgehead atoms. The molecular weight excluding hydrogens is 286 g/mol. The summed E-state index contributed by atoms with van der Waals surface area (Å²) in [7, 11) is 0. The van der Waals surface area contributed by atoms with Gasteiger partial charge >= 0.3 is 5.97 Å². The Morgan fingerprint density at radius 2 is 1.76 bits per heavy atom. The fourth-order valence-electron chi connectivity index (χ4n) is 1.86. The van der Waals surface area contributed by atoms with E-state index in [9.17, 15) is 14.7 Å². The summed E-state index contributed by atoms with van der Waals surface area (Å²) in [5, 5.41) is 12.3. The summed E-state index contributed by atoms with van der Waals surface area (Å²) in [5.41, 5.74) is 0.484. The maximum absolute atomic E-state index is 12.1. The second kappa shape index (κ2) is 8.08. The Bertz CT molecular complexity index is 485. The number of carbonyl (C=O) groups excluding carboxylic acids is 1. The number of hydrogen-bond donors (Lipinski definition) is 2. The zero-order valence-corrected chi connectivity index (χ0v) is 13.7. The van der Waals surface area contributed by atoms with E-state index in [-0.39, 0.29) is 11.8 Å². The summed E-state index contributed by atoms with van der Waals surface area (Å²) in [6.45, 7) is 7.94. The minimum absolute atomic E-state index is 0.109. The van der Waals surface area contributed by atoms with Crippen LogP contribution in [0.3, 0.4) is 0 Å². The molecule has 0 unspecified atom stereocenters. The van der Waals surface area contributed by atoms with Crippen molar-refractivity contribution in [3.05, 3.63) is 29.8 Å². The van der Waals surface area contributed by atoms with Crippen LogP contribution < -0.4 is 5.32 Å². The first-order valence-electron chi connectivity index (χ1n) is 7.15. The lowest BCUT2D eigenvalue weighted by Crippen LogP contribution is -2.45. The Labute approximate surface area is 130 Å². The fraction of sp³-hybridized carbons (Fsp3) is 0.500. The summed E-state index contributed by atoms with van der Waals surface area (Å²) >= 11 is 1.72. The van der Waals surface area contributed by atoms with Crippen molar-refractivity contribution in [2.75, 3.05) is 0 Å². The van der Waals surface area contributed by atoms with E-state index in [2.05, 4.69) is 19.2 Å². The first-order chi connectivity index (χ1) is 9.85. The Morgan fingerprint density at radius 1 is 1.19 bits per heavy atom. The molecule has 0 aliphatic heterocycles. The third-order valence-electron chi connectivity index (χ3n) is 3.25. The monoisotopic (exact) mass is 309 g/mol. The maximum Gasteiger partial charge on any atom is 0.326 e. The molecule has 116 valence electrons. The Morgan fingerprint density at radius 3 is 2.19 bits per heavy atom. The van der Waals surface area contributed by atoms with E-state index in [1.54, 1.807) is 23.9 Å². The molecule has 0 heterocycles. The average Bonchev–Trinajstić information content (AvgIpc) is 2.43. The molecule has 2 N–H and O–H groups in total. The molecule has 0 radical (unpaired) electrons. The fourth-order valence-corrected chi connectivity index (χ4v) is 2.70. The topological polar surface area (TPSA) is 66.4 Å². The van der Waals surface area contributed by atoms with Crippen molar-refractivity contribution in [3.8, 4) is 0 Å². The maximum atomic E-state index is 12.1. The van der Waals surface area contributed by atoms with E-state index in [0.717, 1.165) is 4.90 Å². The number of carboxylic acid groups (broad SMARTS) is 1. The zero-order chi connectivity index (χ0) is 16.0. The highest BCUT2D eigenvalue weighted by Crippen LogP contribution is 2.23. The largest absolute Gasteiger partial charge is 0.480 e. The van der Waals surface area contributed by atoms with Gasteiger partial charge in [0, 0.05) is 15.7 Å². The predicted octanol–water partition coefficient (Wildman–Crippen LogP) is 3.42. The molecule has 1 aromatic rings. The van der Waals surface area contributed by atoms with Crippen molar-refractivity contribution < 1.29 is 14.7 Å². The number of benzene rings is 1. The highest BCUT2D eigenvalue weighted by Gasteiger charge is 2.25. The SMILES string of the molecule is CC[C@H](C)[C@H](NC(=O)c1ccc(SC(C)C)cc1)C(=O)O. The minimum atomic E-state index is -0.996. The number of carbonyl (C=O) groups is 2. The van der Waals surface area contributed by atoms with Gasteiger partial charge in [0.25, 0.3) is 5.91 Å². The third kappa shape index (κ3) is 5.42. The average molecular weight is 309 g/mol. The van der Waals surface area contributed by atoms with Crippen LogP contribution in [-0.2, 0) is 4.79 Å². The molecule has 0 aliphatic rings. The molecule has 1 rings (SSSR count). The van der Waals surface area contributed by atoms with Crippen molar-refractivity contribution in [2.45, 2.75) is 50.3 Å². The van der Waals surface area contributed by atoms with Crippen LogP contribution in [0.15, 0.2) is 29.2 Å². The Kier molecular flexibility index (Phi) is 6.75. The van der Waals surface area contributed by atoms with Crippen molar-refractivity contribution in [2.24, 2.45) is 5.92 Å². The number of carboxylic acids is 1. The minimum Gasteiger partial charge on any atom is -0.480 e. The number of aliphatic carboxylic acids is 1. The lowest BCUT2D eigenvalue weighted by Gasteiger charge is -2.20. The van der Waals surface area contributed by atoms with Gasteiger partial charge in [-0.25, -0.2) is 4.79 Å². The standard InChI is InChI=1S/C16H23NO3S/c1-5-11(4)14(16(19)20)17-15(18)12-6-8-13(9-7-12)21-10(2)3/h6-11,14H,5H2,1-4H3,(H,17,18)(H,19,20)/t11-,14-/m0/s1. The highest BCUT2D eigenvalue weighted by atomic mass is 32.2. The van der Waals surface area contributed by atoms with Gasteiger partial charge in [0.1, 0.15) is 6.04 Å². The number of hydrogen-bond acceptors (Lipinski definition) is 3. The molecule has 1 amide bonds. The lowest BCUT2D eigenvalue weighted by atomic mass is 9.99. The van der Waals surface area contributed by atoms with Gasteiger partial charge in [0.2, 0.25) is 0 Å². The molecule has 4 nitrogen and oxygen atoms in total. The van der Waals surface area contributed by atoms with E-state index >= 15 is 0 Å². The molecular formula is C16H23NO3S. The summed E-state index contributed by atoms with van der Waals surface area (Å²) in [5.74, 6) is -1.45. The van der Waals surface area contributed by atoms with Crippen molar-refractivity contribution in [3.63, 3.8) is 0 Å². The zero-order valence-electron chi connectivity index (χ0n) is 12.9. The van der Waals surface area contributed by atoms with Crippen LogP contribution in [0.4, 0.5) is 0 Å². The smallest absolute Gasteiger partial charge is 0.326 e. The van der Waals surface area contributed by atoms with Crippen LogP contribution in [0.1, 0.15) is 44.5 Å². The van der Waals surface area contributed by atoms with Gasteiger partial charge in [0.15, 0.2) is 0 Å². The van der Waals surface area contributed by atoms with Gasteiger partial charge in [-0.2, -0.15) is 0 Å². The third-order valence-corrected chi connectivity index (χ3v) is 4.27. The number of amides is 1. The number of rotatable bonds is 7. The molecule has 0 aliphatic carbocycles. The molecule has 0 aromatic heterocycles. The van der Waals surface area contributed by atoms with E-state index in [0.29, 0.717) is 17.2 Å². The van der Waals surface area contributed by atoms with Crippen LogP contribution in [0.25, 0.3) is 0 Å². The van der Waals surface area contributed by atoms with Crippen molar-refractivity contribution >= 4 is 23.6 Å². The highest BCUT2D eigenvalue weighted by molar-refractivity contribution is 7.99. The Balaban J connectivity index is 2.76. The molecule has 1 aromatic carbocycles. The summed E-state index contributed by atoms with van der Waals surface area (Å²) in [4.78, 5) is 24.5. The van der Waals surface area contributed by atoms with Crippen molar-refractivity contribution in [1.29, 1.82) is 0 Å². The van der Waals surface area contributed by atoms with Gasteiger partial charge in [-0.15, -0.1) is 11.8 Å². The van der Waals surface area contributed by atoms with Gasteiger partial charge in [-0.05, 0) is 30.2 Å². The van der Waals surface area contributed by atoms with Crippen LogP contribution in [-0.4, -0.2) is 28.3 Å². The number of nitrogens with one attached hydrogen (secondary N) is 1. The molecule has 0 fully saturated rings. The summed E-state index contributed by atoms with van der Waals surface area (Å²) in [6.07, 6.45) is 0.696. The van der Waals surface area contributed by atoms with Gasteiger partial charge in [-0.1, -0.05) is 34.1 Å². The van der Waals surface area contributed by atoms with Gasteiger partial charge in [-0.3, -0.25) is 4.79 Å². The molecule has 21 heavy (non-hydrogen) atoms. The van der Waals surface area contributed by atoms with Crippen LogP contribution in [0, 0.1) is 5.92 Å². The van der Waals surface area contributed by atoms with E-state index in [1.165, 1.54) is 0 Å².